The molecule has 0 N–H and O–H groups in total. The van der Waals surface area contributed by atoms with Gasteiger partial charge >= 0.3 is 0 Å². The zero-order chi connectivity index (χ0) is 20.8. The van der Waals surface area contributed by atoms with Crippen LogP contribution in [0.4, 0.5) is 0 Å². The van der Waals surface area contributed by atoms with Crippen LogP contribution in [-0.2, 0) is 17.8 Å². The van der Waals surface area contributed by atoms with Crippen molar-refractivity contribution < 1.29 is 9.53 Å². The highest BCUT2D eigenvalue weighted by atomic mass is 32.2. The van der Waals surface area contributed by atoms with Gasteiger partial charge in [-0.25, -0.2) is 0 Å². The second-order valence-electron chi connectivity index (χ2n) is 6.83. The summed E-state index contributed by atoms with van der Waals surface area (Å²) in [4.78, 5) is 16.9. The lowest BCUT2D eigenvalue weighted by molar-refractivity contribution is 0.102. The number of ether oxygens (including phenoxy) is 1. The van der Waals surface area contributed by atoms with Gasteiger partial charge in [-0.15, -0.1) is 10.2 Å². The molecule has 3 heterocycles. The van der Waals surface area contributed by atoms with Gasteiger partial charge in [0.2, 0.25) is 0 Å². The number of aryl methyl sites for hydroxylation is 1. The summed E-state index contributed by atoms with van der Waals surface area (Å²) in [7, 11) is 1.67. The van der Waals surface area contributed by atoms with Crippen LogP contribution in [0.3, 0.4) is 0 Å². The number of Topliss-reactive ketones (excluding diaryl/α,β-unsaturated/α-hetero) is 1. The van der Waals surface area contributed by atoms with E-state index in [0.29, 0.717) is 24.1 Å². The minimum atomic E-state index is 0.109. The summed E-state index contributed by atoms with van der Waals surface area (Å²) in [6.07, 6.45) is 4.50. The molecule has 3 aromatic heterocycles. The Morgan fingerprint density at radius 3 is 2.59 bits per heavy atom. The molecule has 8 heteroatoms. The van der Waals surface area contributed by atoms with Gasteiger partial charge in [0.1, 0.15) is 0 Å². The van der Waals surface area contributed by atoms with Crippen molar-refractivity contribution in [1.82, 2.24) is 24.3 Å². The zero-order valence-electron chi connectivity index (χ0n) is 17.4. The zero-order valence-corrected chi connectivity index (χ0v) is 18.2. The van der Waals surface area contributed by atoms with E-state index in [-0.39, 0.29) is 5.78 Å². The molecule has 0 aliphatic heterocycles. The number of carbonyl (C=O) groups excluding carboxylic acids is 1. The molecule has 154 valence electrons. The molecule has 3 rings (SSSR count). The molecule has 0 saturated heterocycles. The molecule has 29 heavy (non-hydrogen) atoms. The molecule has 0 radical (unpaired) electrons. The minimum absolute atomic E-state index is 0.109. The lowest BCUT2D eigenvalue weighted by Crippen LogP contribution is -2.10. The topological polar surface area (TPSA) is 74.8 Å². The third-order valence-electron chi connectivity index (χ3n) is 4.83. The molecule has 7 nitrogen and oxygen atoms in total. The molecule has 0 spiro atoms. The van der Waals surface area contributed by atoms with Crippen molar-refractivity contribution in [2.24, 2.45) is 0 Å². The van der Waals surface area contributed by atoms with E-state index in [1.807, 2.05) is 29.7 Å². The van der Waals surface area contributed by atoms with Crippen molar-refractivity contribution >= 4 is 17.5 Å². The molecule has 0 saturated carbocycles. The Labute approximate surface area is 175 Å². The summed E-state index contributed by atoms with van der Waals surface area (Å²) in [5.74, 6) is 1.18. The van der Waals surface area contributed by atoms with Crippen LogP contribution in [0.15, 0.2) is 35.7 Å². The Balaban J connectivity index is 1.79. The van der Waals surface area contributed by atoms with Crippen LogP contribution in [-0.4, -0.2) is 49.6 Å². The van der Waals surface area contributed by atoms with Crippen molar-refractivity contribution in [1.29, 1.82) is 0 Å². The highest BCUT2D eigenvalue weighted by Crippen LogP contribution is 2.25. The monoisotopic (exact) mass is 413 g/mol. The predicted octanol–water partition coefficient (Wildman–Crippen LogP) is 3.79. The van der Waals surface area contributed by atoms with E-state index in [1.165, 1.54) is 11.8 Å². The molecular weight excluding hydrogens is 386 g/mol. The maximum atomic E-state index is 12.9. The lowest BCUT2D eigenvalue weighted by atomic mass is 10.2. The number of rotatable bonds is 10. The highest BCUT2D eigenvalue weighted by molar-refractivity contribution is 7.99. The molecule has 0 bridgehead atoms. The maximum Gasteiger partial charge on any atom is 0.192 e. The number of pyridine rings is 1. The Morgan fingerprint density at radius 2 is 1.90 bits per heavy atom. The van der Waals surface area contributed by atoms with Crippen LogP contribution in [0.1, 0.15) is 35.1 Å². The number of thioether (sulfide) groups is 1. The van der Waals surface area contributed by atoms with Gasteiger partial charge in [0.15, 0.2) is 16.8 Å². The fraction of sp³-hybridized carbons (Fsp3) is 0.429. The largest absolute Gasteiger partial charge is 0.383 e. The van der Waals surface area contributed by atoms with E-state index in [1.54, 1.807) is 19.5 Å². The normalized spacial score (nSPS) is 11.2. The van der Waals surface area contributed by atoms with Crippen LogP contribution >= 0.6 is 11.8 Å². The van der Waals surface area contributed by atoms with Crippen molar-refractivity contribution in [3.63, 3.8) is 0 Å². The molecule has 0 aromatic carbocycles. The predicted molar refractivity (Wildman–Crippen MR) is 114 cm³/mol. The second kappa shape index (κ2) is 9.84. The molecule has 0 unspecified atom stereocenters. The fourth-order valence-corrected chi connectivity index (χ4v) is 4.20. The molecule has 3 aromatic rings. The Morgan fingerprint density at radius 1 is 1.14 bits per heavy atom. The van der Waals surface area contributed by atoms with E-state index in [0.717, 1.165) is 41.3 Å². The van der Waals surface area contributed by atoms with Gasteiger partial charge in [-0.2, -0.15) is 0 Å². The molecule has 0 amide bonds. The molecular formula is C21H27N5O2S. The third kappa shape index (κ3) is 4.76. The van der Waals surface area contributed by atoms with Crippen LogP contribution in [0.5, 0.6) is 0 Å². The van der Waals surface area contributed by atoms with E-state index in [2.05, 4.69) is 33.6 Å². The second-order valence-corrected chi connectivity index (χ2v) is 7.78. The van der Waals surface area contributed by atoms with Gasteiger partial charge in [-0.05, 0) is 38.5 Å². The number of nitrogens with zero attached hydrogens (tertiary/aromatic N) is 5. The van der Waals surface area contributed by atoms with Crippen LogP contribution in [0.2, 0.25) is 0 Å². The summed E-state index contributed by atoms with van der Waals surface area (Å²) >= 11 is 1.41. The first-order valence-corrected chi connectivity index (χ1v) is 10.7. The first kappa shape index (κ1) is 21.3. The van der Waals surface area contributed by atoms with E-state index >= 15 is 0 Å². The van der Waals surface area contributed by atoms with Gasteiger partial charge in [-0.3, -0.25) is 14.3 Å². The van der Waals surface area contributed by atoms with E-state index < -0.39 is 0 Å². The standard InChI is InChI=1S/C21H27N5O2S/c1-5-10-25-15(2)13-18(16(25)3)19(27)14-29-21-24-23-20(26(21)11-12-28-4)17-6-8-22-9-7-17/h6-9,13H,5,10-12,14H2,1-4H3. The number of aromatic nitrogens is 5. The first-order valence-electron chi connectivity index (χ1n) is 9.72. The average Bonchev–Trinajstić information content (AvgIpc) is 3.27. The molecule has 0 atom stereocenters. The molecule has 0 aliphatic carbocycles. The number of hydrogen-bond acceptors (Lipinski definition) is 6. The quantitative estimate of drug-likeness (QED) is 0.372. The minimum Gasteiger partial charge on any atom is -0.383 e. The molecule has 0 fully saturated rings. The number of methoxy groups -OCH3 is 1. The SMILES string of the molecule is CCCn1c(C)cc(C(=O)CSc2nnc(-c3ccncc3)n2CCOC)c1C. The van der Waals surface area contributed by atoms with Crippen molar-refractivity contribution in [2.45, 2.75) is 45.4 Å². The summed E-state index contributed by atoms with van der Waals surface area (Å²) in [6, 6.07) is 5.79. The van der Waals surface area contributed by atoms with Crippen LogP contribution in [0, 0.1) is 13.8 Å². The first-order chi connectivity index (χ1) is 14.1. The summed E-state index contributed by atoms with van der Waals surface area (Å²) in [5, 5.41) is 9.38. The lowest BCUT2D eigenvalue weighted by Gasteiger charge is -2.10. The van der Waals surface area contributed by atoms with Gasteiger partial charge in [0.25, 0.3) is 0 Å². The Hall–Kier alpha value is -2.45. The highest BCUT2D eigenvalue weighted by Gasteiger charge is 2.19. The maximum absolute atomic E-state index is 12.9. The summed E-state index contributed by atoms with van der Waals surface area (Å²) in [6.45, 7) is 8.29. The van der Waals surface area contributed by atoms with Gasteiger partial charge in [-0.1, -0.05) is 18.7 Å². The number of carbonyl (C=O) groups is 1. The Kier molecular flexibility index (Phi) is 7.22. The van der Waals surface area contributed by atoms with Gasteiger partial charge in [0, 0.05) is 48.6 Å². The van der Waals surface area contributed by atoms with Crippen LogP contribution < -0.4 is 0 Å². The average molecular weight is 414 g/mol. The van der Waals surface area contributed by atoms with E-state index in [4.69, 9.17) is 4.74 Å². The van der Waals surface area contributed by atoms with Crippen molar-refractivity contribution in [2.75, 3.05) is 19.5 Å². The summed E-state index contributed by atoms with van der Waals surface area (Å²) < 4.78 is 9.45. The smallest absolute Gasteiger partial charge is 0.192 e. The fourth-order valence-electron chi connectivity index (χ4n) is 3.35. The van der Waals surface area contributed by atoms with E-state index in [9.17, 15) is 4.79 Å². The van der Waals surface area contributed by atoms with Crippen molar-refractivity contribution in [3.05, 3.63) is 47.5 Å². The number of hydrogen-bond donors (Lipinski definition) is 0. The van der Waals surface area contributed by atoms with Gasteiger partial charge in [0.05, 0.1) is 18.9 Å². The van der Waals surface area contributed by atoms with Gasteiger partial charge < -0.3 is 9.30 Å². The van der Waals surface area contributed by atoms with Crippen LogP contribution in [0.25, 0.3) is 11.4 Å². The Bertz CT molecular complexity index is 965. The molecule has 0 aliphatic rings. The third-order valence-corrected chi connectivity index (χ3v) is 5.79. The van der Waals surface area contributed by atoms with Crippen molar-refractivity contribution in [3.8, 4) is 11.4 Å². The summed E-state index contributed by atoms with van der Waals surface area (Å²) in [5.41, 5.74) is 3.89. The number of ketones is 1.